The number of benzene rings is 1. The Morgan fingerprint density at radius 2 is 2.28 bits per heavy atom. The van der Waals surface area contributed by atoms with Crippen molar-refractivity contribution in [1.29, 1.82) is 0 Å². The molecule has 1 unspecified atom stereocenters. The first kappa shape index (κ1) is 11.3. The monoisotopic (exact) mass is 247 g/mol. The number of hydrogen-bond donors (Lipinski definition) is 1. The molecule has 1 aliphatic rings. The van der Waals surface area contributed by atoms with Crippen LogP contribution in [0.3, 0.4) is 0 Å². The van der Waals surface area contributed by atoms with Gasteiger partial charge >= 0.3 is 0 Å². The zero-order chi connectivity index (χ0) is 12.5. The second-order valence-corrected chi connectivity index (χ2v) is 4.51. The average molecular weight is 247 g/mol. The maximum atomic E-state index is 13.7. The van der Waals surface area contributed by atoms with Crippen LogP contribution in [0.25, 0.3) is 10.9 Å². The highest BCUT2D eigenvalue weighted by Gasteiger charge is 2.26. The highest BCUT2D eigenvalue weighted by Crippen LogP contribution is 2.29. The summed E-state index contributed by atoms with van der Waals surface area (Å²) in [6.45, 7) is 0.939. The third-order valence-corrected chi connectivity index (χ3v) is 3.45. The smallest absolute Gasteiger partial charge is 0.149 e. The van der Waals surface area contributed by atoms with E-state index in [-0.39, 0.29) is 18.5 Å². The van der Waals surface area contributed by atoms with Gasteiger partial charge in [0, 0.05) is 11.9 Å². The highest BCUT2D eigenvalue weighted by atomic mass is 19.1. The van der Waals surface area contributed by atoms with Gasteiger partial charge in [0.05, 0.1) is 12.6 Å². The zero-order valence-corrected chi connectivity index (χ0v) is 9.88. The van der Waals surface area contributed by atoms with Crippen LogP contribution in [0.2, 0.25) is 0 Å². The molecular formula is C13H14FN3O. The summed E-state index contributed by atoms with van der Waals surface area (Å²) in [4.78, 5) is 10.3. The van der Waals surface area contributed by atoms with E-state index >= 15 is 0 Å². The number of aliphatic hydroxyl groups excluding tert-OH is 1. The summed E-state index contributed by atoms with van der Waals surface area (Å²) >= 11 is 0. The van der Waals surface area contributed by atoms with Gasteiger partial charge in [-0.1, -0.05) is 6.07 Å². The van der Waals surface area contributed by atoms with E-state index in [1.807, 2.05) is 11.0 Å². The van der Waals surface area contributed by atoms with E-state index in [0.717, 1.165) is 25.2 Å². The van der Waals surface area contributed by atoms with Crippen molar-refractivity contribution < 1.29 is 9.50 Å². The Kier molecular flexibility index (Phi) is 2.83. The fourth-order valence-electron chi connectivity index (χ4n) is 2.57. The van der Waals surface area contributed by atoms with E-state index in [4.69, 9.17) is 0 Å². The van der Waals surface area contributed by atoms with Crippen molar-refractivity contribution in [3.63, 3.8) is 0 Å². The van der Waals surface area contributed by atoms with Gasteiger partial charge in [0.1, 0.15) is 23.5 Å². The number of halogens is 1. The van der Waals surface area contributed by atoms with Crippen LogP contribution in [0, 0.1) is 5.82 Å². The largest absolute Gasteiger partial charge is 0.394 e. The summed E-state index contributed by atoms with van der Waals surface area (Å²) in [6.07, 6.45) is 3.34. The molecule has 5 heteroatoms. The summed E-state index contributed by atoms with van der Waals surface area (Å²) in [7, 11) is 0. The topological polar surface area (TPSA) is 49.2 Å². The first-order valence-corrected chi connectivity index (χ1v) is 6.08. The first-order valence-electron chi connectivity index (χ1n) is 6.08. The fraction of sp³-hybridized carbons (Fsp3) is 0.385. The second kappa shape index (κ2) is 4.49. The molecule has 0 aliphatic carbocycles. The van der Waals surface area contributed by atoms with Gasteiger partial charge in [0.2, 0.25) is 0 Å². The Morgan fingerprint density at radius 3 is 3.11 bits per heavy atom. The second-order valence-electron chi connectivity index (χ2n) is 4.51. The lowest BCUT2D eigenvalue weighted by Gasteiger charge is -2.25. The molecule has 3 rings (SSSR count). The lowest BCUT2D eigenvalue weighted by molar-refractivity contribution is 0.266. The van der Waals surface area contributed by atoms with Crippen LogP contribution >= 0.6 is 0 Å². The number of anilines is 1. The Morgan fingerprint density at radius 1 is 1.39 bits per heavy atom. The van der Waals surface area contributed by atoms with E-state index in [1.54, 1.807) is 6.07 Å². The van der Waals surface area contributed by atoms with Gasteiger partial charge in [0.15, 0.2) is 0 Å². The third kappa shape index (κ3) is 1.71. The Hall–Kier alpha value is -1.75. The van der Waals surface area contributed by atoms with Crippen molar-refractivity contribution >= 4 is 16.7 Å². The number of aliphatic hydroxyl groups is 1. The average Bonchev–Trinajstić information content (AvgIpc) is 2.87. The zero-order valence-electron chi connectivity index (χ0n) is 9.88. The van der Waals surface area contributed by atoms with E-state index < -0.39 is 0 Å². The van der Waals surface area contributed by atoms with Crippen molar-refractivity contribution in [2.45, 2.75) is 18.9 Å². The number of fused-ring (bicyclic) bond motifs is 1. The molecule has 1 saturated heterocycles. The molecule has 2 aromatic rings. The molecule has 2 heterocycles. The van der Waals surface area contributed by atoms with Crippen LogP contribution < -0.4 is 4.90 Å². The SMILES string of the molecule is OCC1CCCN1c1ncnc2c(F)cccc12. The summed E-state index contributed by atoms with van der Waals surface area (Å²) < 4.78 is 13.7. The van der Waals surface area contributed by atoms with Gasteiger partial charge in [-0.15, -0.1) is 0 Å². The molecule has 0 bridgehead atoms. The van der Waals surface area contributed by atoms with Gasteiger partial charge in [0.25, 0.3) is 0 Å². The van der Waals surface area contributed by atoms with Crippen LogP contribution in [0.1, 0.15) is 12.8 Å². The van der Waals surface area contributed by atoms with Crippen LogP contribution in [0.4, 0.5) is 10.2 Å². The van der Waals surface area contributed by atoms with Gasteiger partial charge < -0.3 is 10.0 Å². The first-order chi connectivity index (χ1) is 8.81. The molecule has 18 heavy (non-hydrogen) atoms. The molecule has 1 atom stereocenters. The van der Waals surface area contributed by atoms with Crippen molar-refractivity contribution in [2.75, 3.05) is 18.1 Å². The van der Waals surface area contributed by atoms with E-state index in [0.29, 0.717) is 10.9 Å². The molecule has 0 spiro atoms. The third-order valence-electron chi connectivity index (χ3n) is 3.45. The minimum absolute atomic E-state index is 0.0753. The Balaban J connectivity index is 2.14. The number of nitrogens with zero attached hydrogens (tertiary/aromatic N) is 3. The summed E-state index contributed by atoms with van der Waals surface area (Å²) in [5, 5.41) is 10.1. The summed E-state index contributed by atoms with van der Waals surface area (Å²) in [5.41, 5.74) is 0.339. The van der Waals surface area contributed by atoms with E-state index in [9.17, 15) is 9.50 Å². The quantitative estimate of drug-likeness (QED) is 0.878. The minimum atomic E-state index is -0.337. The van der Waals surface area contributed by atoms with Gasteiger partial charge in [-0.2, -0.15) is 0 Å². The molecule has 1 N–H and O–H groups in total. The Bertz CT molecular complexity index is 575. The van der Waals surface area contributed by atoms with Crippen LogP contribution in [-0.4, -0.2) is 34.3 Å². The molecule has 94 valence electrons. The number of hydrogen-bond acceptors (Lipinski definition) is 4. The molecule has 4 nitrogen and oxygen atoms in total. The van der Waals surface area contributed by atoms with Crippen LogP contribution in [0.15, 0.2) is 24.5 Å². The van der Waals surface area contributed by atoms with Crippen molar-refractivity contribution in [2.24, 2.45) is 0 Å². The molecular weight excluding hydrogens is 233 g/mol. The fourth-order valence-corrected chi connectivity index (χ4v) is 2.57. The normalized spacial score (nSPS) is 19.7. The van der Waals surface area contributed by atoms with Crippen molar-refractivity contribution in [1.82, 2.24) is 9.97 Å². The van der Waals surface area contributed by atoms with Crippen molar-refractivity contribution in [3.8, 4) is 0 Å². The van der Waals surface area contributed by atoms with Gasteiger partial charge in [-0.3, -0.25) is 0 Å². The molecule has 1 aliphatic heterocycles. The number of para-hydroxylation sites is 1. The molecule has 0 radical (unpaired) electrons. The van der Waals surface area contributed by atoms with E-state index in [2.05, 4.69) is 9.97 Å². The molecule has 0 saturated carbocycles. The van der Waals surface area contributed by atoms with Crippen molar-refractivity contribution in [3.05, 3.63) is 30.3 Å². The lowest BCUT2D eigenvalue weighted by Crippen LogP contribution is -2.32. The predicted molar refractivity (Wildman–Crippen MR) is 66.9 cm³/mol. The number of rotatable bonds is 2. The molecule has 1 aromatic heterocycles. The lowest BCUT2D eigenvalue weighted by atomic mass is 10.2. The predicted octanol–water partition coefficient (Wildman–Crippen LogP) is 1.73. The maximum absolute atomic E-state index is 13.7. The minimum Gasteiger partial charge on any atom is -0.394 e. The maximum Gasteiger partial charge on any atom is 0.149 e. The summed E-state index contributed by atoms with van der Waals surface area (Å²) in [6, 6.07) is 4.95. The molecule has 1 aromatic carbocycles. The Labute approximate surface area is 104 Å². The van der Waals surface area contributed by atoms with E-state index in [1.165, 1.54) is 12.4 Å². The highest BCUT2D eigenvalue weighted by molar-refractivity contribution is 5.89. The van der Waals surface area contributed by atoms with Crippen LogP contribution in [-0.2, 0) is 0 Å². The van der Waals surface area contributed by atoms with Crippen LogP contribution in [0.5, 0.6) is 0 Å². The number of aromatic nitrogens is 2. The van der Waals surface area contributed by atoms with Gasteiger partial charge in [-0.05, 0) is 25.0 Å². The summed E-state index contributed by atoms with van der Waals surface area (Å²) in [5.74, 6) is 0.381. The molecule has 1 fully saturated rings. The molecule has 0 amide bonds. The van der Waals surface area contributed by atoms with Gasteiger partial charge in [-0.25, -0.2) is 14.4 Å². The standard InChI is InChI=1S/C13H14FN3O/c14-11-5-1-4-10-12(11)15-8-16-13(10)17-6-2-3-9(17)7-18/h1,4-5,8-9,18H,2-3,6-7H2.